The van der Waals surface area contributed by atoms with E-state index in [1.807, 2.05) is 30.3 Å². The number of hydrogen-bond donors (Lipinski definition) is 2. The number of nitrogens with zero attached hydrogens (tertiary/aromatic N) is 1. The van der Waals surface area contributed by atoms with E-state index in [1.54, 1.807) is 30.1 Å². The molecule has 0 spiro atoms. The SMILES string of the molecule is CN(CCc1ccc(Cl)cc1)C(=O)CC[C@@H](C=O)NC(=O)[C@H](CC1CCCCC1)OC(=O)NCc1cccc(Cl)c1. The van der Waals surface area contributed by atoms with E-state index in [-0.39, 0.29) is 31.2 Å². The van der Waals surface area contributed by atoms with E-state index in [2.05, 4.69) is 10.6 Å². The number of carbonyl (C=O) groups is 4. The summed E-state index contributed by atoms with van der Waals surface area (Å²) in [5.74, 6) is -0.407. The molecule has 2 aromatic carbocycles. The van der Waals surface area contributed by atoms with Gasteiger partial charge in [-0.15, -0.1) is 0 Å². The molecule has 222 valence electrons. The molecule has 0 radical (unpaired) electrons. The number of aldehydes is 1. The van der Waals surface area contributed by atoms with Crippen LogP contribution in [0, 0.1) is 5.92 Å². The summed E-state index contributed by atoms with van der Waals surface area (Å²) in [5.41, 5.74) is 1.86. The van der Waals surface area contributed by atoms with E-state index < -0.39 is 24.1 Å². The normalized spacial score (nSPS) is 14.9. The molecular weight excluding hydrogens is 565 g/mol. The molecule has 1 fully saturated rings. The highest BCUT2D eigenvalue weighted by Gasteiger charge is 2.29. The second-order valence-corrected chi connectivity index (χ2v) is 11.5. The lowest BCUT2D eigenvalue weighted by atomic mass is 9.85. The zero-order valence-electron chi connectivity index (χ0n) is 23.5. The molecule has 1 saturated carbocycles. The van der Waals surface area contributed by atoms with Gasteiger partial charge in [-0.2, -0.15) is 0 Å². The molecule has 3 amide bonds. The third-order valence-corrected chi connectivity index (χ3v) is 7.86. The van der Waals surface area contributed by atoms with Crippen LogP contribution in [-0.4, -0.2) is 54.8 Å². The third kappa shape index (κ3) is 11.7. The lowest BCUT2D eigenvalue weighted by Gasteiger charge is -2.27. The Balaban J connectivity index is 1.51. The number of carbonyl (C=O) groups excluding carboxylic acids is 4. The fraction of sp³-hybridized carbons (Fsp3) is 0.484. The fourth-order valence-electron chi connectivity index (χ4n) is 4.92. The maximum absolute atomic E-state index is 13.2. The highest BCUT2D eigenvalue weighted by molar-refractivity contribution is 6.30. The Hall–Kier alpha value is -3.10. The molecule has 1 aliphatic rings. The first-order valence-corrected chi connectivity index (χ1v) is 14.9. The van der Waals surface area contributed by atoms with Crippen molar-refractivity contribution >= 4 is 47.4 Å². The minimum Gasteiger partial charge on any atom is -0.436 e. The third-order valence-electron chi connectivity index (χ3n) is 7.38. The zero-order chi connectivity index (χ0) is 29.6. The van der Waals surface area contributed by atoms with Crippen molar-refractivity contribution in [1.82, 2.24) is 15.5 Å². The van der Waals surface area contributed by atoms with Crippen LogP contribution in [0.25, 0.3) is 0 Å². The quantitative estimate of drug-likeness (QED) is 0.269. The molecule has 0 saturated heterocycles. The first kappa shape index (κ1) is 32.4. The maximum Gasteiger partial charge on any atom is 0.408 e. The monoisotopic (exact) mass is 603 g/mol. The van der Waals surface area contributed by atoms with E-state index >= 15 is 0 Å². The second-order valence-electron chi connectivity index (χ2n) is 10.6. The minimum absolute atomic E-state index is 0.0923. The first-order chi connectivity index (χ1) is 19.7. The van der Waals surface area contributed by atoms with E-state index in [4.69, 9.17) is 27.9 Å². The van der Waals surface area contributed by atoms with Gasteiger partial charge >= 0.3 is 6.09 Å². The van der Waals surface area contributed by atoms with Gasteiger partial charge in [0.2, 0.25) is 5.91 Å². The highest BCUT2D eigenvalue weighted by atomic mass is 35.5. The van der Waals surface area contributed by atoms with Gasteiger partial charge in [0.15, 0.2) is 6.10 Å². The van der Waals surface area contributed by atoms with Crippen molar-refractivity contribution in [2.45, 2.75) is 76.5 Å². The zero-order valence-corrected chi connectivity index (χ0v) is 25.0. The molecule has 8 nitrogen and oxygen atoms in total. The van der Waals surface area contributed by atoms with Crippen LogP contribution in [0.15, 0.2) is 48.5 Å². The highest BCUT2D eigenvalue weighted by Crippen LogP contribution is 2.28. The van der Waals surface area contributed by atoms with Crippen molar-refractivity contribution in [3.05, 3.63) is 69.7 Å². The van der Waals surface area contributed by atoms with Gasteiger partial charge in [-0.3, -0.25) is 9.59 Å². The second kappa shape index (κ2) is 17.0. The lowest BCUT2D eigenvalue weighted by molar-refractivity contribution is -0.134. The minimum atomic E-state index is -1.04. The maximum atomic E-state index is 13.2. The summed E-state index contributed by atoms with van der Waals surface area (Å²) in [6, 6.07) is 13.7. The number of likely N-dealkylation sites (N-methyl/N-ethyl adjacent to an activating group) is 1. The summed E-state index contributed by atoms with van der Waals surface area (Å²) in [6.07, 6.45) is 5.39. The van der Waals surface area contributed by atoms with Crippen molar-refractivity contribution in [1.29, 1.82) is 0 Å². The van der Waals surface area contributed by atoms with Crippen LogP contribution >= 0.6 is 23.2 Å². The van der Waals surface area contributed by atoms with Gasteiger partial charge in [0.25, 0.3) is 5.91 Å². The molecule has 2 N–H and O–H groups in total. The van der Waals surface area contributed by atoms with Crippen LogP contribution in [0.2, 0.25) is 10.0 Å². The van der Waals surface area contributed by atoms with Crippen molar-refractivity contribution in [3.8, 4) is 0 Å². The van der Waals surface area contributed by atoms with E-state index in [1.165, 1.54) is 0 Å². The number of alkyl carbamates (subject to hydrolysis) is 1. The standard InChI is InChI=1S/C31H39Cl2N3O5/c1-36(17-16-22-10-12-25(32)13-11-22)29(38)15-14-27(21-37)35-30(39)28(19-23-6-3-2-4-7-23)41-31(40)34-20-24-8-5-9-26(33)18-24/h5,8-13,18,21,23,27-28H,2-4,6-7,14-17,19-20H2,1H3,(H,34,40)(H,35,39)/t27-,28-/m0/s1. The van der Waals surface area contributed by atoms with E-state index in [0.29, 0.717) is 35.7 Å². The van der Waals surface area contributed by atoms with Gasteiger partial charge in [0.05, 0.1) is 6.04 Å². The summed E-state index contributed by atoms with van der Waals surface area (Å²) in [5, 5.41) is 6.57. The van der Waals surface area contributed by atoms with Crippen LogP contribution in [0.4, 0.5) is 4.79 Å². The van der Waals surface area contributed by atoms with Gasteiger partial charge in [0, 0.05) is 36.6 Å². The molecule has 2 aromatic rings. The van der Waals surface area contributed by atoms with Gasteiger partial charge in [-0.05, 0) is 60.6 Å². The average Bonchev–Trinajstić information content (AvgIpc) is 2.97. The molecule has 10 heteroatoms. The van der Waals surface area contributed by atoms with Gasteiger partial charge < -0.3 is 25.1 Å². The Morgan fingerprint density at radius 2 is 1.76 bits per heavy atom. The predicted octanol–water partition coefficient (Wildman–Crippen LogP) is 5.72. The number of amides is 3. The molecule has 0 aromatic heterocycles. The summed E-state index contributed by atoms with van der Waals surface area (Å²) in [7, 11) is 1.71. The van der Waals surface area contributed by atoms with Gasteiger partial charge in [-0.25, -0.2) is 4.79 Å². The van der Waals surface area contributed by atoms with Crippen LogP contribution in [0.3, 0.4) is 0 Å². The number of halogens is 2. The number of rotatable bonds is 14. The van der Waals surface area contributed by atoms with Crippen molar-refractivity contribution in [2.75, 3.05) is 13.6 Å². The molecule has 0 bridgehead atoms. The summed E-state index contributed by atoms with van der Waals surface area (Å²) in [6.45, 7) is 0.710. The van der Waals surface area contributed by atoms with Crippen molar-refractivity contribution in [2.24, 2.45) is 5.92 Å². The Labute approximate surface area is 252 Å². The van der Waals surface area contributed by atoms with Crippen molar-refractivity contribution < 1.29 is 23.9 Å². The largest absolute Gasteiger partial charge is 0.436 e. The van der Waals surface area contributed by atoms with Crippen molar-refractivity contribution in [3.63, 3.8) is 0 Å². The Bertz CT molecular complexity index is 1150. The molecule has 0 heterocycles. The lowest BCUT2D eigenvalue weighted by Crippen LogP contribution is -2.46. The molecule has 2 atom stereocenters. The number of benzene rings is 2. The Morgan fingerprint density at radius 1 is 1.02 bits per heavy atom. The number of nitrogens with one attached hydrogen (secondary N) is 2. The molecule has 1 aliphatic carbocycles. The van der Waals surface area contributed by atoms with E-state index in [0.717, 1.165) is 43.2 Å². The number of hydrogen-bond acceptors (Lipinski definition) is 5. The molecular formula is C31H39Cl2N3O5. The fourth-order valence-corrected chi connectivity index (χ4v) is 5.26. The topological polar surface area (TPSA) is 105 Å². The summed E-state index contributed by atoms with van der Waals surface area (Å²) < 4.78 is 5.56. The van der Waals surface area contributed by atoms with Crippen LogP contribution in [0.1, 0.15) is 62.5 Å². The smallest absolute Gasteiger partial charge is 0.408 e. The average molecular weight is 605 g/mol. The number of ether oxygens (including phenoxy) is 1. The van der Waals surface area contributed by atoms with Crippen LogP contribution in [-0.2, 0) is 32.1 Å². The van der Waals surface area contributed by atoms with Gasteiger partial charge in [0.1, 0.15) is 6.29 Å². The Morgan fingerprint density at radius 3 is 2.44 bits per heavy atom. The van der Waals surface area contributed by atoms with E-state index in [9.17, 15) is 19.2 Å². The summed E-state index contributed by atoms with van der Waals surface area (Å²) >= 11 is 11.9. The first-order valence-electron chi connectivity index (χ1n) is 14.2. The van der Waals surface area contributed by atoms with Crippen LogP contribution in [0.5, 0.6) is 0 Å². The Kier molecular flexibility index (Phi) is 13.4. The molecule has 3 rings (SSSR count). The molecule has 0 aliphatic heterocycles. The van der Waals surface area contributed by atoms with Gasteiger partial charge in [-0.1, -0.05) is 79.6 Å². The summed E-state index contributed by atoms with van der Waals surface area (Å²) in [4.78, 5) is 51.9. The van der Waals surface area contributed by atoms with Crippen LogP contribution < -0.4 is 10.6 Å². The molecule has 0 unspecified atom stereocenters. The predicted molar refractivity (Wildman–Crippen MR) is 160 cm³/mol. The molecule has 41 heavy (non-hydrogen) atoms.